The first-order valence-corrected chi connectivity index (χ1v) is 9.31. The Hall–Kier alpha value is -0.120. The van der Waals surface area contributed by atoms with Crippen molar-refractivity contribution in [2.24, 2.45) is 11.8 Å². The molecule has 0 N–H and O–H groups in total. The molecule has 2 atom stereocenters. The van der Waals surface area contributed by atoms with Crippen molar-refractivity contribution < 1.29 is 0 Å². The van der Waals surface area contributed by atoms with Crippen molar-refractivity contribution in [3.8, 4) is 0 Å². The highest BCUT2D eigenvalue weighted by molar-refractivity contribution is 7.09. The molecule has 114 valence electrons. The quantitative estimate of drug-likeness (QED) is 0.704. The normalized spacial score (nSPS) is 22.9. The summed E-state index contributed by atoms with van der Waals surface area (Å²) in [6.45, 7) is 9.45. The van der Waals surface area contributed by atoms with Gasteiger partial charge in [0.05, 0.1) is 17.6 Å². The van der Waals surface area contributed by atoms with Crippen LogP contribution in [-0.2, 0) is 5.88 Å². The zero-order valence-corrected chi connectivity index (χ0v) is 14.5. The summed E-state index contributed by atoms with van der Waals surface area (Å²) in [5.74, 6) is 2.24. The first-order valence-electron chi connectivity index (χ1n) is 7.90. The van der Waals surface area contributed by atoms with Crippen LogP contribution in [0.3, 0.4) is 0 Å². The van der Waals surface area contributed by atoms with Gasteiger partial charge in [-0.2, -0.15) is 0 Å². The summed E-state index contributed by atoms with van der Waals surface area (Å²) in [5, 5.41) is 3.37. The Kier molecular flexibility index (Phi) is 6.31. The van der Waals surface area contributed by atoms with E-state index in [1.165, 1.54) is 37.4 Å². The van der Waals surface area contributed by atoms with E-state index in [2.05, 4.69) is 31.1 Å². The summed E-state index contributed by atoms with van der Waals surface area (Å²) in [6, 6.07) is 0.489. The lowest BCUT2D eigenvalue weighted by molar-refractivity contribution is 0.194. The molecular formula is C16H27ClN2S. The fourth-order valence-electron chi connectivity index (χ4n) is 3.25. The fraction of sp³-hybridized carbons (Fsp3) is 0.812. The van der Waals surface area contributed by atoms with Crippen molar-refractivity contribution >= 4 is 22.9 Å². The van der Waals surface area contributed by atoms with Crippen molar-refractivity contribution in [3.05, 3.63) is 16.1 Å². The fourth-order valence-corrected chi connectivity index (χ4v) is 4.51. The van der Waals surface area contributed by atoms with Crippen LogP contribution < -0.4 is 0 Å². The predicted molar refractivity (Wildman–Crippen MR) is 88.5 cm³/mol. The van der Waals surface area contributed by atoms with E-state index in [1.54, 1.807) is 11.3 Å². The maximum atomic E-state index is 5.88. The van der Waals surface area contributed by atoms with E-state index in [4.69, 9.17) is 16.6 Å². The lowest BCUT2D eigenvalue weighted by Gasteiger charge is -2.28. The van der Waals surface area contributed by atoms with Crippen LogP contribution in [0.15, 0.2) is 5.38 Å². The molecule has 2 nitrogen and oxygen atoms in total. The Bertz CT molecular complexity index is 405. The van der Waals surface area contributed by atoms with E-state index in [0.717, 1.165) is 24.0 Å². The lowest BCUT2D eigenvalue weighted by Crippen LogP contribution is -2.29. The number of halogens is 1. The van der Waals surface area contributed by atoms with Crippen molar-refractivity contribution in [1.29, 1.82) is 0 Å². The Labute approximate surface area is 132 Å². The number of alkyl halides is 1. The van der Waals surface area contributed by atoms with Gasteiger partial charge in [0.1, 0.15) is 5.01 Å². The van der Waals surface area contributed by atoms with Gasteiger partial charge in [0.25, 0.3) is 0 Å². The molecule has 1 aliphatic heterocycles. The van der Waals surface area contributed by atoms with Crippen LogP contribution in [0, 0.1) is 11.8 Å². The lowest BCUT2D eigenvalue weighted by atomic mass is 9.89. The molecule has 2 heterocycles. The molecule has 0 bridgehead atoms. The molecule has 1 fully saturated rings. The zero-order valence-electron chi connectivity index (χ0n) is 12.9. The Morgan fingerprint density at radius 3 is 2.80 bits per heavy atom. The first kappa shape index (κ1) is 16.3. The van der Waals surface area contributed by atoms with Gasteiger partial charge < -0.3 is 0 Å². The smallest absolute Gasteiger partial charge is 0.110 e. The Balaban J connectivity index is 2.04. The molecular weight excluding hydrogens is 288 g/mol. The number of nitrogens with zero attached hydrogens (tertiary/aromatic N) is 2. The molecule has 0 amide bonds. The van der Waals surface area contributed by atoms with Crippen LogP contribution in [-0.4, -0.2) is 23.0 Å². The average molecular weight is 315 g/mol. The van der Waals surface area contributed by atoms with Crippen molar-refractivity contribution in [2.45, 2.75) is 58.4 Å². The average Bonchev–Trinajstić information content (AvgIpc) is 2.77. The van der Waals surface area contributed by atoms with E-state index in [-0.39, 0.29) is 0 Å². The Morgan fingerprint density at radius 2 is 2.20 bits per heavy atom. The largest absolute Gasteiger partial charge is 0.294 e. The van der Waals surface area contributed by atoms with Gasteiger partial charge >= 0.3 is 0 Å². The van der Waals surface area contributed by atoms with Gasteiger partial charge in [0, 0.05) is 5.38 Å². The molecule has 0 aliphatic carbocycles. The summed E-state index contributed by atoms with van der Waals surface area (Å²) in [6.07, 6.45) is 5.19. The molecule has 0 spiro atoms. The molecule has 1 aromatic heterocycles. The summed E-state index contributed by atoms with van der Waals surface area (Å²) < 4.78 is 0. The van der Waals surface area contributed by atoms with Crippen LogP contribution >= 0.6 is 22.9 Å². The highest BCUT2D eigenvalue weighted by atomic mass is 35.5. The summed E-state index contributed by atoms with van der Waals surface area (Å²) in [7, 11) is 0. The highest BCUT2D eigenvalue weighted by Crippen LogP contribution is 2.32. The molecule has 2 rings (SSSR count). The molecule has 0 radical (unpaired) electrons. The third kappa shape index (κ3) is 3.96. The molecule has 0 saturated carbocycles. The summed E-state index contributed by atoms with van der Waals surface area (Å²) in [4.78, 5) is 7.36. The standard InChI is InChI=1S/C16H27ClN2S/c1-4-15(16-18-14(10-17)11-20-16)19-8-5-6-13(7-9-19)12(2)3/h11-13,15H,4-10H2,1-3H3. The van der Waals surface area contributed by atoms with Crippen LogP contribution in [0.25, 0.3) is 0 Å². The maximum Gasteiger partial charge on any atom is 0.110 e. The minimum atomic E-state index is 0.489. The van der Waals surface area contributed by atoms with Crippen LogP contribution in [0.5, 0.6) is 0 Å². The molecule has 1 aliphatic rings. The molecule has 1 saturated heterocycles. The SMILES string of the molecule is CCC(c1nc(CCl)cs1)N1CCCC(C(C)C)CC1. The summed E-state index contributed by atoms with van der Waals surface area (Å²) in [5.41, 5.74) is 1.03. The van der Waals surface area contributed by atoms with E-state index in [9.17, 15) is 0 Å². The topological polar surface area (TPSA) is 16.1 Å². The van der Waals surface area contributed by atoms with Gasteiger partial charge in [0.15, 0.2) is 0 Å². The van der Waals surface area contributed by atoms with Crippen LogP contribution in [0.2, 0.25) is 0 Å². The van der Waals surface area contributed by atoms with Crippen molar-refractivity contribution in [2.75, 3.05) is 13.1 Å². The third-order valence-corrected chi connectivity index (χ3v) is 5.84. The number of aromatic nitrogens is 1. The van der Waals surface area contributed by atoms with E-state index >= 15 is 0 Å². The number of thiazole rings is 1. The Morgan fingerprint density at radius 1 is 1.40 bits per heavy atom. The molecule has 4 heteroatoms. The van der Waals surface area contributed by atoms with E-state index in [1.807, 2.05) is 0 Å². The van der Waals surface area contributed by atoms with Crippen molar-refractivity contribution in [3.63, 3.8) is 0 Å². The van der Waals surface area contributed by atoms with Crippen LogP contribution in [0.4, 0.5) is 0 Å². The second-order valence-corrected chi connectivity index (χ2v) is 7.36. The van der Waals surface area contributed by atoms with Crippen LogP contribution in [0.1, 0.15) is 63.2 Å². The maximum absolute atomic E-state index is 5.88. The molecule has 20 heavy (non-hydrogen) atoms. The van der Waals surface area contributed by atoms with E-state index < -0.39 is 0 Å². The van der Waals surface area contributed by atoms with E-state index in [0.29, 0.717) is 11.9 Å². The summed E-state index contributed by atoms with van der Waals surface area (Å²) >= 11 is 7.66. The van der Waals surface area contributed by atoms with Gasteiger partial charge in [0.2, 0.25) is 0 Å². The molecule has 1 aromatic rings. The predicted octanol–water partition coefficient (Wildman–Crippen LogP) is 5.09. The highest BCUT2D eigenvalue weighted by Gasteiger charge is 2.26. The number of likely N-dealkylation sites (tertiary alicyclic amines) is 1. The minimum absolute atomic E-state index is 0.489. The number of rotatable bonds is 5. The van der Waals surface area contributed by atoms with Gasteiger partial charge in [-0.15, -0.1) is 22.9 Å². The second kappa shape index (κ2) is 7.77. The van der Waals surface area contributed by atoms with Crippen molar-refractivity contribution in [1.82, 2.24) is 9.88 Å². The minimum Gasteiger partial charge on any atom is -0.294 e. The molecule has 2 unspecified atom stereocenters. The molecule has 0 aromatic carbocycles. The first-order chi connectivity index (χ1) is 9.65. The zero-order chi connectivity index (χ0) is 14.5. The number of hydrogen-bond acceptors (Lipinski definition) is 3. The van der Waals surface area contributed by atoms with Gasteiger partial charge in [-0.25, -0.2) is 4.98 Å². The van der Waals surface area contributed by atoms with Gasteiger partial charge in [-0.3, -0.25) is 4.90 Å². The third-order valence-electron chi connectivity index (χ3n) is 4.57. The number of hydrogen-bond donors (Lipinski definition) is 0. The van der Waals surface area contributed by atoms with Gasteiger partial charge in [-0.05, 0) is 50.6 Å². The van der Waals surface area contributed by atoms with Gasteiger partial charge in [-0.1, -0.05) is 20.8 Å². The monoisotopic (exact) mass is 314 g/mol. The second-order valence-electron chi connectivity index (χ2n) is 6.21.